The number of aromatic nitrogens is 1. The van der Waals surface area contributed by atoms with Crippen molar-refractivity contribution in [1.29, 1.82) is 0 Å². The van der Waals surface area contributed by atoms with Gasteiger partial charge in [-0.25, -0.2) is 0 Å². The molecule has 0 aliphatic carbocycles. The highest BCUT2D eigenvalue weighted by atomic mass is 32.2. The fourth-order valence-electron chi connectivity index (χ4n) is 13.1. The van der Waals surface area contributed by atoms with Crippen molar-refractivity contribution < 1.29 is 20.1 Å². The van der Waals surface area contributed by atoms with E-state index >= 15 is 0 Å². The monoisotopic (exact) mass is 1060 g/mol. The molecule has 380 valence electrons. The van der Waals surface area contributed by atoms with Crippen molar-refractivity contribution in [2.75, 3.05) is 4.90 Å². The van der Waals surface area contributed by atoms with Crippen molar-refractivity contribution in [3.8, 4) is 61.7 Å². The van der Waals surface area contributed by atoms with Gasteiger partial charge >= 0.3 is 0 Å². The van der Waals surface area contributed by atoms with E-state index in [1.54, 1.807) is 16.3 Å². The van der Waals surface area contributed by atoms with Gasteiger partial charge in [0.25, 0.3) is 0 Å². The maximum Gasteiger partial charge on any atom is 0.249 e. The molecule has 5 heterocycles. The average Bonchev–Trinajstić information content (AvgIpc) is 1.49. The molecule has 12 aromatic carbocycles. The fraction of sp³-hybridized carbons (Fsp3) is 0.0400. The van der Waals surface area contributed by atoms with Crippen LogP contribution in [0.1, 0.15) is 35.9 Å². The lowest BCUT2D eigenvalue weighted by molar-refractivity contribution is 0.418. The molecule has 17 rings (SSSR count). The van der Waals surface area contributed by atoms with Crippen LogP contribution in [0, 0.1) is 0 Å². The SMILES string of the molecule is [2H]c1c([2H])c([2H])c2c(c1[2H])c1c([2H])c([2H])c([2H])c([2H])c1n2-c1ccc2c(c1)N(c1c(-c3ccccc3)cccc1-c1ccccc1)c1cc(-c3ccc4c(c3)C(C)(C)c3ccccc3O4)cc3c1B2c1ccc(-c2ccc4oc5ccccc5c4c2)cc1S3. The molecular weight excluding hydrogens is 1000 g/mol. The van der Waals surface area contributed by atoms with Crippen molar-refractivity contribution in [1.82, 2.24) is 4.57 Å². The van der Waals surface area contributed by atoms with Crippen LogP contribution in [-0.2, 0) is 5.41 Å². The van der Waals surface area contributed by atoms with Gasteiger partial charge in [0.2, 0.25) is 6.71 Å². The predicted molar refractivity (Wildman–Crippen MR) is 338 cm³/mol. The zero-order chi connectivity index (χ0) is 60.5. The predicted octanol–water partition coefficient (Wildman–Crippen LogP) is 18.5. The Morgan fingerprint density at radius 3 is 1.84 bits per heavy atom. The van der Waals surface area contributed by atoms with Crippen LogP contribution in [0.3, 0.4) is 0 Å². The van der Waals surface area contributed by atoms with Crippen molar-refractivity contribution >= 4 is 95.7 Å². The first-order valence-corrected chi connectivity index (χ1v) is 28.1. The topological polar surface area (TPSA) is 30.5 Å². The molecule has 0 bridgehead atoms. The third-order valence-corrected chi connectivity index (χ3v) is 18.1. The van der Waals surface area contributed by atoms with Crippen LogP contribution in [-0.4, -0.2) is 11.3 Å². The molecule has 0 saturated carbocycles. The number of rotatable bonds is 6. The smallest absolute Gasteiger partial charge is 0.249 e. The first-order valence-electron chi connectivity index (χ1n) is 31.3. The minimum absolute atomic E-state index is 0.0178. The van der Waals surface area contributed by atoms with Gasteiger partial charge in [0, 0.05) is 76.1 Å². The molecule has 0 saturated heterocycles. The summed E-state index contributed by atoms with van der Waals surface area (Å²) in [6.07, 6.45) is 0. The summed E-state index contributed by atoms with van der Waals surface area (Å²) in [5, 5.41) is 2.14. The normalized spacial score (nSPS) is 15.0. The summed E-state index contributed by atoms with van der Waals surface area (Å²) in [7, 11) is 0. The lowest BCUT2D eigenvalue weighted by atomic mass is 9.34. The quantitative estimate of drug-likeness (QED) is 0.155. The zero-order valence-corrected chi connectivity index (χ0v) is 44.7. The molecule has 4 nitrogen and oxygen atoms in total. The Morgan fingerprint density at radius 1 is 0.444 bits per heavy atom. The Morgan fingerprint density at radius 2 is 1.06 bits per heavy atom. The minimum atomic E-state index is -0.493. The van der Waals surface area contributed by atoms with Crippen LogP contribution in [0.5, 0.6) is 11.5 Å². The van der Waals surface area contributed by atoms with Gasteiger partial charge in [-0.3, -0.25) is 0 Å². The summed E-state index contributed by atoms with van der Waals surface area (Å²) < 4.78 is 88.3. The Hall–Kier alpha value is -9.75. The van der Waals surface area contributed by atoms with Gasteiger partial charge in [-0.2, -0.15) is 0 Å². The number of anilines is 3. The second-order valence-electron chi connectivity index (χ2n) is 21.7. The molecule has 14 aromatic rings. The molecule has 0 spiro atoms. The molecular formula is C75H49BN2O2S. The number of furan rings is 1. The molecule has 0 atom stereocenters. The Kier molecular flexibility index (Phi) is 8.44. The highest BCUT2D eigenvalue weighted by molar-refractivity contribution is 8.00. The van der Waals surface area contributed by atoms with E-state index in [0.29, 0.717) is 5.69 Å². The minimum Gasteiger partial charge on any atom is -0.457 e. The molecule has 0 fully saturated rings. The Bertz CT molecular complexity index is 5300. The summed E-state index contributed by atoms with van der Waals surface area (Å²) in [6, 6.07) is 70.7. The van der Waals surface area contributed by atoms with E-state index in [1.165, 1.54) is 0 Å². The third-order valence-electron chi connectivity index (χ3n) is 17.0. The number of nitrogens with zero attached hydrogens (tertiary/aromatic N) is 2. The standard InChI is InChI=1S/C75H49BN2O2S/c1-75(2)59-27-12-16-31-69(59)80-70-39-34-49(41-60(70)75)51-42-66-73-72(44-51)81-71-43-50(48-33-38-68-58(40-48)57-24-11-15-30-67(57)79-68)32-36-62(71)76(73)61-37-35-52(77-63-28-13-9-22-55(63)56-23-10-14-29-64(56)77)45-65(61)78(66)74-53(46-18-5-3-6-19-46)25-17-26-54(74)47-20-7-4-8-21-47/h3-45H,1-2H3/i9D,10D,13D,14D,22D,23D,28D,29D. The average molecular weight is 1060 g/mol. The van der Waals surface area contributed by atoms with E-state index in [2.05, 4.69) is 183 Å². The second kappa shape index (κ2) is 17.6. The van der Waals surface area contributed by atoms with Crippen molar-refractivity contribution in [2.45, 2.75) is 29.1 Å². The van der Waals surface area contributed by atoms with Crippen LogP contribution in [0.4, 0.5) is 17.1 Å². The summed E-state index contributed by atoms with van der Waals surface area (Å²) in [6.45, 7) is 4.17. The second-order valence-corrected chi connectivity index (χ2v) is 22.8. The van der Waals surface area contributed by atoms with E-state index in [9.17, 15) is 5.48 Å². The van der Waals surface area contributed by atoms with Crippen LogP contribution < -0.4 is 26.0 Å². The first kappa shape index (κ1) is 38.8. The van der Waals surface area contributed by atoms with Crippen LogP contribution >= 0.6 is 11.8 Å². The van der Waals surface area contributed by atoms with Gasteiger partial charge in [0.1, 0.15) is 22.7 Å². The maximum atomic E-state index is 9.59. The molecule has 0 N–H and O–H groups in total. The van der Waals surface area contributed by atoms with E-state index in [4.69, 9.17) is 14.6 Å². The number of hydrogen-bond donors (Lipinski definition) is 0. The largest absolute Gasteiger partial charge is 0.457 e. The molecule has 0 amide bonds. The summed E-state index contributed by atoms with van der Waals surface area (Å²) in [5.41, 5.74) is 17.8. The third kappa shape index (κ3) is 7.00. The molecule has 3 aliphatic heterocycles. The van der Waals surface area contributed by atoms with Crippen LogP contribution in [0.25, 0.3) is 93.9 Å². The molecule has 0 unspecified atom stereocenters. The van der Waals surface area contributed by atoms with Crippen molar-refractivity contribution in [3.05, 3.63) is 272 Å². The van der Waals surface area contributed by atoms with Crippen molar-refractivity contribution in [2.24, 2.45) is 0 Å². The van der Waals surface area contributed by atoms with Crippen LogP contribution in [0.15, 0.2) is 275 Å². The highest BCUT2D eigenvalue weighted by Crippen LogP contribution is 2.53. The maximum absolute atomic E-state index is 9.59. The van der Waals surface area contributed by atoms with Gasteiger partial charge in [0.05, 0.1) is 27.7 Å². The number of ether oxygens (including phenoxy) is 1. The van der Waals surface area contributed by atoms with E-state index in [0.717, 1.165) is 132 Å². The van der Waals surface area contributed by atoms with E-state index < -0.39 is 29.6 Å². The lowest BCUT2D eigenvalue weighted by Crippen LogP contribution is -2.59. The molecule has 6 heteroatoms. The summed E-state index contributed by atoms with van der Waals surface area (Å²) in [4.78, 5) is 4.55. The molecule has 2 aromatic heterocycles. The molecule has 81 heavy (non-hydrogen) atoms. The Balaban J connectivity index is 0.985. The number of benzene rings is 12. The fourth-order valence-corrected chi connectivity index (χ4v) is 14.4. The van der Waals surface area contributed by atoms with Gasteiger partial charge in [-0.15, -0.1) is 0 Å². The van der Waals surface area contributed by atoms with Gasteiger partial charge in [0.15, 0.2) is 0 Å². The van der Waals surface area contributed by atoms with E-state index in [1.807, 2.05) is 48.5 Å². The van der Waals surface area contributed by atoms with E-state index in [-0.39, 0.29) is 52.7 Å². The van der Waals surface area contributed by atoms with Crippen LogP contribution in [0.2, 0.25) is 0 Å². The van der Waals surface area contributed by atoms with Gasteiger partial charge < -0.3 is 18.6 Å². The van der Waals surface area contributed by atoms with Gasteiger partial charge in [-0.1, -0.05) is 213 Å². The number of para-hydroxylation sites is 5. The summed E-state index contributed by atoms with van der Waals surface area (Å²) in [5.74, 6) is 1.65. The first-order chi connectivity index (χ1) is 43.2. The molecule has 3 aliphatic rings. The Labute approximate surface area is 485 Å². The zero-order valence-electron chi connectivity index (χ0n) is 51.9. The number of hydrogen-bond acceptors (Lipinski definition) is 4. The summed E-state index contributed by atoms with van der Waals surface area (Å²) >= 11 is 1.76. The van der Waals surface area contributed by atoms with Gasteiger partial charge in [-0.05, 0) is 123 Å². The number of fused-ring (bicyclic) bond motifs is 12. The molecule has 0 radical (unpaired) electrons. The lowest BCUT2D eigenvalue weighted by Gasteiger charge is -2.42. The highest BCUT2D eigenvalue weighted by Gasteiger charge is 2.43. The van der Waals surface area contributed by atoms with Crippen molar-refractivity contribution in [3.63, 3.8) is 0 Å².